The minimum atomic E-state index is -1.18. The van der Waals surface area contributed by atoms with Gasteiger partial charge >= 0.3 is 5.97 Å². The number of esters is 1. The van der Waals surface area contributed by atoms with Gasteiger partial charge in [-0.05, 0) is 63.7 Å². The van der Waals surface area contributed by atoms with Crippen LogP contribution in [0.25, 0.3) is 0 Å². The van der Waals surface area contributed by atoms with Gasteiger partial charge in [-0.2, -0.15) is 0 Å². The van der Waals surface area contributed by atoms with Gasteiger partial charge < -0.3 is 19.3 Å². The molecule has 0 atom stereocenters. The lowest BCUT2D eigenvalue weighted by molar-refractivity contribution is -0.137. The quantitative estimate of drug-likeness (QED) is 0.547. The van der Waals surface area contributed by atoms with Crippen molar-refractivity contribution in [1.29, 1.82) is 0 Å². The molecule has 1 saturated carbocycles. The van der Waals surface area contributed by atoms with Gasteiger partial charge in [0.1, 0.15) is 24.7 Å². The lowest BCUT2D eigenvalue weighted by Crippen LogP contribution is -2.43. The number of carbonyl (C=O) groups is 2. The largest absolute Gasteiger partial charge is 0.485 e. The van der Waals surface area contributed by atoms with E-state index in [1.807, 2.05) is 11.9 Å². The number of alkyl halides is 2. The van der Waals surface area contributed by atoms with Gasteiger partial charge in [0, 0.05) is 31.6 Å². The molecule has 1 aromatic rings. The van der Waals surface area contributed by atoms with Crippen molar-refractivity contribution in [3.8, 4) is 5.75 Å². The Labute approximate surface area is 194 Å². The minimum absolute atomic E-state index is 0.0674. The maximum atomic E-state index is 13.0. The van der Waals surface area contributed by atoms with Crippen molar-refractivity contribution >= 4 is 11.9 Å². The minimum Gasteiger partial charge on any atom is -0.485 e. The molecule has 0 unspecified atom stereocenters. The molecule has 1 amide bonds. The fourth-order valence-corrected chi connectivity index (χ4v) is 5.35. The number of benzene rings is 1. The van der Waals surface area contributed by atoms with Gasteiger partial charge in [0.2, 0.25) is 5.91 Å². The summed E-state index contributed by atoms with van der Waals surface area (Å²) in [4.78, 5) is 29.9. The Bertz CT molecular complexity index is 847. The predicted octanol–water partition coefficient (Wildman–Crippen LogP) is 3.87. The van der Waals surface area contributed by atoms with Crippen molar-refractivity contribution in [2.24, 2.45) is 5.92 Å². The number of halogens is 2. The summed E-state index contributed by atoms with van der Waals surface area (Å²) in [6.45, 7) is 2.01. The van der Waals surface area contributed by atoms with E-state index < -0.39 is 31.0 Å². The van der Waals surface area contributed by atoms with Crippen LogP contribution in [0.4, 0.5) is 8.78 Å². The van der Waals surface area contributed by atoms with Crippen LogP contribution in [0.5, 0.6) is 5.75 Å². The fraction of sp³-hybridized carbons (Fsp3) is 0.680. The van der Waals surface area contributed by atoms with Crippen molar-refractivity contribution < 1.29 is 27.8 Å². The van der Waals surface area contributed by atoms with Crippen molar-refractivity contribution in [2.45, 2.75) is 56.7 Å². The van der Waals surface area contributed by atoms with Gasteiger partial charge in [0.15, 0.2) is 6.10 Å². The van der Waals surface area contributed by atoms with E-state index in [0.29, 0.717) is 31.2 Å². The molecule has 2 fully saturated rings. The van der Waals surface area contributed by atoms with E-state index in [-0.39, 0.29) is 17.6 Å². The molecule has 1 spiro atoms. The Kier molecular flexibility index (Phi) is 7.51. The molecule has 2 heterocycles. The first-order chi connectivity index (χ1) is 16.0. The standard InChI is InChI=1S/C25H34F2N2O4/c1-28(13-14-29-11-3-2-4-12-29)23(30)18-7-9-25(10-8-18)22-6-5-19(32-20(16-26)17-27)15-21(22)24(31)33-25/h5-6,15,18,20H,2-4,7-14,16-17H2,1H3/t18-,25-. The highest BCUT2D eigenvalue weighted by Crippen LogP contribution is 2.49. The molecule has 2 aliphatic heterocycles. The number of likely N-dealkylation sites (N-methyl/N-ethyl adjacent to an activating group) is 1. The molecule has 1 saturated heterocycles. The molecule has 182 valence electrons. The van der Waals surface area contributed by atoms with E-state index in [1.54, 1.807) is 12.1 Å². The Hall–Kier alpha value is -2.22. The summed E-state index contributed by atoms with van der Waals surface area (Å²) < 4.78 is 36.7. The van der Waals surface area contributed by atoms with E-state index in [0.717, 1.165) is 31.7 Å². The summed E-state index contributed by atoms with van der Waals surface area (Å²) in [5.41, 5.74) is 0.432. The average Bonchev–Trinajstić information content (AvgIpc) is 3.12. The first-order valence-electron chi connectivity index (χ1n) is 12.1. The lowest BCUT2D eigenvalue weighted by Gasteiger charge is -2.37. The van der Waals surface area contributed by atoms with E-state index in [2.05, 4.69) is 4.90 Å². The molecule has 0 bridgehead atoms. The van der Waals surface area contributed by atoms with Crippen LogP contribution in [0.1, 0.15) is 60.9 Å². The zero-order valence-electron chi connectivity index (χ0n) is 19.4. The molecule has 8 heteroatoms. The summed E-state index contributed by atoms with van der Waals surface area (Å²) in [6, 6.07) is 4.90. The summed E-state index contributed by atoms with van der Waals surface area (Å²) in [5, 5.41) is 0. The van der Waals surface area contributed by atoms with E-state index in [1.165, 1.54) is 25.3 Å². The van der Waals surface area contributed by atoms with Crippen molar-refractivity contribution in [3.63, 3.8) is 0 Å². The molecule has 6 nitrogen and oxygen atoms in total. The summed E-state index contributed by atoms with van der Waals surface area (Å²) in [7, 11) is 1.88. The second-order valence-corrected chi connectivity index (χ2v) is 9.58. The summed E-state index contributed by atoms with van der Waals surface area (Å²) in [5.74, 6) is -0.0981. The van der Waals surface area contributed by atoms with E-state index in [9.17, 15) is 18.4 Å². The summed E-state index contributed by atoms with van der Waals surface area (Å²) in [6.07, 6.45) is 5.08. The highest BCUT2D eigenvalue weighted by atomic mass is 19.1. The maximum Gasteiger partial charge on any atom is 0.339 e. The molecule has 1 aromatic carbocycles. The maximum absolute atomic E-state index is 13.0. The topological polar surface area (TPSA) is 59.1 Å². The number of nitrogens with zero attached hydrogens (tertiary/aromatic N) is 2. The third-order valence-corrected chi connectivity index (χ3v) is 7.36. The van der Waals surface area contributed by atoms with Gasteiger partial charge in [-0.1, -0.05) is 12.5 Å². The Morgan fingerprint density at radius 2 is 1.91 bits per heavy atom. The second-order valence-electron chi connectivity index (χ2n) is 9.58. The van der Waals surface area contributed by atoms with Crippen molar-refractivity contribution in [3.05, 3.63) is 29.3 Å². The number of likely N-dealkylation sites (tertiary alicyclic amines) is 1. The van der Waals surface area contributed by atoms with Crippen LogP contribution in [0.2, 0.25) is 0 Å². The lowest BCUT2D eigenvalue weighted by atomic mass is 9.74. The zero-order valence-corrected chi connectivity index (χ0v) is 19.4. The van der Waals surface area contributed by atoms with Crippen molar-refractivity contribution in [1.82, 2.24) is 9.80 Å². The number of amides is 1. The molecule has 4 rings (SSSR count). The van der Waals surface area contributed by atoms with Gasteiger partial charge in [0.25, 0.3) is 0 Å². The normalized spacial score (nSPS) is 25.2. The van der Waals surface area contributed by atoms with E-state index in [4.69, 9.17) is 9.47 Å². The number of hydrogen-bond acceptors (Lipinski definition) is 5. The Morgan fingerprint density at radius 3 is 2.58 bits per heavy atom. The van der Waals surface area contributed by atoms with Crippen LogP contribution in [0, 0.1) is 5.92 Å². The molecular formula is C25H34F2N2O4. The molecule has 3 aliphatic rings. The Balaban J connectivity index is 1.35. The first kappa shape index (κ1) is 23.9. The number of piperidine rings is 1. The zero-order chi connectivity index (χ0) is 23.4. The molecule has 0 radical (unpaired) electrons. The monoisotopic (exact) mass is 464 g/mol. The van der Waals surface area contributed by atoms with Crippen LogP contribution in [-0.4, -0.2) is 74.4 Å². The van der Waals surface area contributed by atoms with Crippen molar-refractivity contribution in [2.75, 3.05) is 46.6 Å². The second kappa shape index (κ2) is 10.4. The summed E-state index contributed by atoms with van der Waals surface area (Å²) >= 11 is 0. The van der Waals surface area contributed by atoms with Crippen LogP contribution in [0.15, 0.2) is 18.2 Å². The number of ether oxygens (including phenoxy) is 2. The van der Waals surface area contributed by atoms with Crippen LogP contribution in [-0.2, 0) is 15.1 Å². The number of hydrogen-bond donors (Lipinski definition) is 0. The van der Waals surface area contributed by atoms with Crippen LogP contribution in [0.3, 0.4) is 0 Å². The smallest absolute Gasteiger partial charge is 0.339 e. The third kappa shape index (κ3) is 5.15. The average molecular weight is 465 g/mol. The van der Waals surface area contributed by atoms with E-state index >= 15 is 0 Å². The molecule has 0 N–H and O–H groups in total. The van der Waals surface area contributed by atoms with Crippen LogP contribution < -0.4 is 4.74 Å². The van der Waals surface area contributed by atoms with Gasteiger partial charge in [-0.25, -0.2) is 13.6 Å². The number of rotatable bonds is 8. The molecule has 33 heavy (non-hydrogen) atoms. The SMILES string of the molecule is CN(CCN1CCCCC1)C(=O)[C@H]1CC[C@@]2(CC1)OC(=O)c1cc(OC(CF)CF)ccc12. The number of fused-ring (bicyclic) bond motifs is 2. The first-order valence-corrected chi connectivity index (χ1v) is 12.1. The number of carbonyl (C=O) groups excluding carboxylic acids is 2. The predicted molar refractivity (Wildman–Crippen MR) is 120 cm³/mol. The van der Waals surface area contributed by atoms with Gasteiger partial charge in [-0.3, -0.25) is 4.79 Å². The Morgan fingerprint density at radius 1 is 1.21 bits per heavy atom. The molecule has 0 aromatic heterocycles. The molecule has 1 aliphatic carbocycles. The van der Waals surface area contributed by atoms with Gasteiger partial charge in [-0.15, -0.1) is 0 Å². The highest BCUT2D eigenvalue weighted by molar-refractivity contribution is 5.95. The molecular weight excluding hydrogens is 430 g/mol. The third-order valence-electron chi connectivity index (χ3n) is 7.36. The highest BCUT2D eigenvalue weighted by Gasteiger charge is 2.48. The fourth-order valence-electron chi connectivity index (χ4n) is 5.35. The van der Waals surface area contributed by atoms with Crippen LogP contribution >= 0.6 is 0 Å². The van der Waals surface area contributed by atoms with Gasteiger partial charge in [0.05, 0.1) is 5.56 Å².